The van der Waals surface area contributed by atoms with Crippen molar-refractivity contribution in [1.29, 1.82) is 0 Å². The second-order valence-electron chi connectivity index (χ2n) is 6.15. The van der Waals surface area contributed by atoms with E-state index in [0.717, 1.165) is 5.56 Å². The lowest BCUT2D eigenvalue weighted by atomic mass is 10.1. The van der Waals surface area contributed by atoms with Crippen LogP contribution in [-0.2, 0) is 16.1 Å². The van der Waals surface area contributed by atoms with Crippen LogP contribution in [0.5, 0.6) is 0 Å². The monoisotopic (exact) mass is 429 g/mol. The van der Waals surface area contributed by atoms with Crippen molar-refractivity contribution in [2.75, 3.05) is 4.43 Å². The molecule has 0 saturated heterocycles. The Bertz CT molecular complexity index is 519. The quantitative estimate of drug-likeness (QED) is 0.406. The van der Waals surface area contributed by atoms with Gasteiger partial charge in [0.05, 0.1) is 18.8 Å². The molecule has 5 heteroatoms. The molecule has 0 aliphatic rings. The molecule has 1 aromatic carbocycles. The second kappa shape index (κ2) is 9.78. The summed E-state index contributed by atoms with van der Waals surface area (Å²) in [4.78, 5) is 12.0. The summed E-state index contributed by atoms with van der Waals surface area (Å²) in [5, 5.41) is 2.86. The van der Waals surface area contributed by atoms with Crippen LogP contribution in [0.15, 0.2) is 30.3 Å². The molecule has 0 spiro atoms. The molecule has 0 heterocycles. The van der Waals surface area contributed by atoms with Crippen molar-refractivity contribution in [2.24, 2.45) is 0 Å². The van der Waals surface area contributed by atoms with Crippen LogP contribution in [0.2, 0.25) is 0 Å². The number of nitrogens with one attached hydrogen (secondary N) is 1. The van der Waals surface area contributed by atoms with Crippen molar-refractivity contribution in [1.82, 2.24) is 5.32 Å². The van der Waals surface area contributed by atoms with Crippen molar-refractivity contribution in [2.45, 2.75) is 51.5 Å². The first-order valence-corrected chi connectivity index (χ1v) is 9.02. The zero-order chi connectivity index (χ0) is 17.3. The van der Waals surface area contributed by atoms with Gasteiger partial charge in [-0.15, -0.1) is 12.3 Å². The second-order valence-corrected chi connectivity index (χ2v) is 7.03. The molecule has 1 N–H and O–H groups in total. The highest BCUT2D eigenvalue weighted by Gasteiger charge is 2.25. The Hall–Kier alpha value is -1.26. The first-order valence-electron chi connectivity index (χ1n) is 7.50. The van der Waals surface area contributed by atoms with E-state index in [0.29, 0.717) is 17.5 Å². The lowest BCUT2D eigenvalue weighted by Crippen LogP contribution is -2.47. The van der Waals surface area contributed by atoms with E-state index in [-0.39, 0.29) is 12.1 Å². The van der Waals surface area contributed by atoms with Gasteiger partial charge in [0.25, 0.3) is 0 Å². The normalized spacial score (nSPS) is 13.7. The van der Waals surface area contributed by atoms with Crippen molar-refractivity contribution in [3.8, 4) is 12.3 Å². The molecule has 0 aliphatic carbocycles. The molecule has 1 unspecified atom stereocenters. The topological polar surface area (TPSA) is 47.6 Å². The summed E-state index contributed by atoms with van der Waals surface area (Å²) in [7, 11) is 0. The summed E-state index contributed by atoms with van der Waals surface area (Å²) in [6, 6.07) is 9.67. The van der Waals surface area contributed by atoms with E-state index in [1.54, 1.807) is 0 Å². The number of rotatable bonds is 7. The van der Waals surface area contributed by atoms with E-state index >= 15 is 0 Å². The third-order valence-electron chi connectivity index (χ3n) is 2.94. The molecule has 0 saturated carbocycles. The Kier molecular flexibility index (Phi) is 8.42. The van der Waals surface area contributed by atoms with Crippen LogP contribution in [0.3, 0.4) is 0 Å². The molecule has 1 aromatic rings. The number of hydrogen-bond donors (Lipinski definition) is 1. The Morgan fingerprint density at radius 1 is 1.35 bits per heavy atom. The van der Waals surface area contributed by atoms with Crippen molar-refractivity contribution >= 4 is 28.7 Å². The van der Waals surface area contributed by atoms with Crippen molar-refractivity contribution in [3.05, 3.63) is 35.9 Å². The number of ether oxygens (including phenoxy) is 2. The third kappa shape index (κ3) is 8.24. The summed E-state index contributed by atoms with van der Waals surface area (Å²) in [6.07, 6.45) is 5.16. The van der Waals surface area contributed by atoms with Crippen LogP contribution in [0, 0.1) is 12.3 Å². The number of halogens is 1. The lowest BCUT2D eigenvalue weighted by molar-refractivity contribution is 0.0134. The molecule has 1 amide bonds. The first kappa shape index (κ1) is 19.8. The number of amides is 1. The van der Waals surface area contributed by atoms with E-state index in [4.69, 9.17) is 15.9 Å². The highest BCUT2D eigenvalue weighted by Crippen LogP contribution is 2.13. The van der Waals surface area contributed by atoms with Gasteiger partial charge in [-0.25, -0.2) is 4.79 Å². The predicted octanol–water partition coefficient (Wildman–Crippen LogP) is 3.92. The van der Waals surface area contributed by atoms with E-state index in [1.807, 2.05) is 51.1 Å². The minimum Gasteiger partial charge on any atom is -0.444 e. The average molecular weight is 429 g/mol. The molecule has 0 aliphatic heterocycles. The van der Waals surface area contributed by atoms with Crippen LogP contribution in [-0.4, -0.2) is 28.3 Å². The maximum absolute atomic E-state index is 12.0. The molecule has 1 rings (SSSR count). The summed E-state index contributed by atoms with van der Waals surface area (Å²) in [5.41, 5.74) is 0.533. The third-order valence-corrected chi connectivity index (χ3v) is 3.89. The van der Waals surface area contributed by atoms with Gasteiger partial charge in [-0.2, -0.15) is 0 Å². The highest BCUT2D eigenvalue weighted by molar-refractivity contribution is 14.1. The first-order chi connectivity index (χ1) is 10.9. The SMILES string of the molecule is C#CCC(OCc1ccccc1)[C@H](CI)NC(=O)OC(C)(C)C. The fraction of sp³-hybridized carbons (Fsp3) is 0.500. The number of carbonyl (C=O) groups is 1. The minimum absolute atomic E-state index is 0.204. The zero-order valence-electron chi connectivity index (χ0n) is 13.8. The Labute approximate surface area is 152 Å². The van der Waals surface area contributed by atoms with Crippen LogP contribution < -0.4 is 5.32 Å². The molecular weight excluding hydrogens is 405 g/mol. The molecule has 0 aromatic heterocycles. The molecule has 4 nitrogen and oxygen atoms in total. The van der Waals surface area contributed by atoms with Crippen LogP contribution in [0.1, 0.15) is 32.8 Å². The lowest BCUT2D eigenvalue weighted by Gasteiger charge is -2.27. The van der Waals surface area contributed by atoms with Gasteiger partial charge in [0, 0.05) is 10.8 Å². The van der Waals surface area contributed by atoms with Crippen LogP contribution in [0.4, 0.5) is 4.79 Å². The number of carbonyl (C=O) groups excluding carboxylic acids is 1. The zero-order valence-corrected chi connectivity index (χ0v) is 16.0. The van der Waals surface area contributed by atoms with Gasteiger partial charge in [0.2, 0.25) is 0 Å². The Morgan fingerprint density at radius 2 is 2.00 bits per heavy atom. The number of benzene rings is 1. The molecule has 0 fully saturated rings. The molecular formula is C18H24INO3. The standard InChI is InChI=1S/C18H24INO3/c1-5-9-16(22-13-14-10-7-6-8-11-14)15(12-19)20-17(21)23-18(2,3)4/h1,6-8,10-11,15-16H,9,12-13H2,2-4H3,(H,20,21)/t15-,16?/m0/s1. The predicted molar refractivity (Wildman–Crippen MR) is 101 cm³/mol. The smallest absolute Gasteiger partial charge is 0.407 e. The number of alkyl carbamates (subject to hydrolysis) is 1. The number of terminal acetylenes is 1. The van der Waals surface area contributed by atoms with Gasteiger partial charge in [0.1, 0.15) is 5.60 Å². The minimum atomic E-state index is -0.535. The fourth-order valence-electron chi connectivity index (χ4n) is 1.90. The maximum atomic E-state index is 12.0. The van der Waals surface area contributed by atoms with Crippen LogP contribution >= 0.6 is 22.6 Å². The van der Waals surface area contributed by atoms with Gasteiger partial charge in [-0.1, -0.05) is 52.9 Å². The maximum Gasteiger partial charge on any atom is 0.407 e. The molecule has 2 atom stereocenters. The molecule has 0 bridgehead atoms. The van der Waals surface area contributed by atoms with Crippen molar-refractivity contribution in [3.63, 3.8) is 0 Å². The van der Waals surface area contributed by atoms with E-state index in [9.17, 15) is 4.79 Å². The Balaban J connectivity index is 2.64. The van der Waals surface area contributed by atoms with E-state index < -0.39 is 11.7 Å². The number of hydrogen-bond acceptors (Lipinski definition) is 3. The van der Waals surface area contributed by atoms with Gasteiger partial charge >= 0.3 is 6.09 Å². The van der Waals surface area contributed by atoms with Crippen LogP contribution in [0.25, 0.3) is 0 Å². The van der Waals surface area contributed by atoms with Gasteiger partial charge < -0.3 is 14.8 Å². The molecule has 0 radical (unpaired) electrons. The van der Waals surface area contributed by atoms with Gasteiger partial charge in [-0.05, 0) is 26.3 Å². The summed E-state index contributed by atoms with van der Waals surface area (Å²) < 4.78 is 11.9. The largest absolute Gasteiger partial charge is 0.444 e. The van der Waals surface area contributed by atoms with E-state index in [1.165, 1.54) is 0 Å². The summed E-state index contributed by atoms with van der Waals surface area (Å²) >= 11 is 2.21. The van der Waals surface area contributed by atoms with Gasteiger partial charge in [-0.3, -0.25) is 0 Å². The van der Waals surface area contributed by atoms with Gasteiger partial charge in [0.15, 0.2) is 0 Å². The Morgan fingerprint density at radius 3 is 2.52 bits per heavy atom. The number of alkyl halides is 1. The fourth-order valence-corrected chi connectivity index (χ4v) is 2.69. The molecule has 23 heavy (non-hydrogen) atoms. The van der Waals surface area contributed by atoms with Crippen molar-refractivity contribution < 1.29 is 14.3 Å². The average Bonchev–Trinajstić information content (AvgIpc) is 2.48. The van der Waals surface area contributed by atoms with E-state index in [2.05, 4.69) is 33.8 Å². The highest BCUT2D eigenvalue weighted by atomic mass is 127. The summed E-state index contributed by atoms with van der Waals surface area (Å²) in [5.74, 6) is 2.62. The summed E-state index contributed by atoms with van der Waals surface area (Å²) in [6.45, 7) is 5.94. The molecule has 126 valence electrons.